The standard InChI is InChI=1S/C24H26F2N4O2.2C23H23F3N4O2.C23H24F2N4O2/c1-5-30(17(3)15-32-21-10-8-18(14-29-21)24(4,25)26)23(31)20-13-16(2)7-9-19(20)22-27-11-6-12-28-22;1-4-30(15(2)14-32-20-9-6-16(13-29-20)23(3,25)26)22(31)18-8-7-17(24)12-19(18)21-27-10-5-11-28-21;1-4-30(15(2)14-32-20-9-6-16(13-29-20)23(3,25)26)22(31)19-12-17(24)7-8-18(19)21-27-10-5-11-28-21;1-4-29(16(2)15-31-20-11-10-17(14-28-20)23(3,24)25)22(30)19-9-6-5-8-18(19)21-26-12-7-13-27-21/h6-14,17H,5,15H2,1-4H3;2*5-13,15H,4,14H2,1-3H3;5-14,16H,4,15H2,1-3H3/t17-;2*15-;16-/m0000/s1. The molecule has 4 aromatic carbocycles. The van der Waals surface area contributed by atoms with Gasteiger partial charge in [-0.25, -0.2) is 104 Å². The summed E-state index contributed by atoms with van der Waals surface area (Å²) in [6, 6.07) is 36.5. The third-order valence-corrected chi connectivity index (χ3v) is 19.6. The fourth-order valence-corrected chi connectivity index (χ4v) is 12.7. The fraction of sp³-hybridized carbons (Fsp3) is 0.312. The minimum absolute atomic E-state index is 0.0704. The number of carbonyl (C=O) groups excluding carboxylic acids is 4. The summed E-state index contributed by atoms with van der Waals surface area (Å²) in [5.41, 5.74) is 3.58. The predicted octanol–water partition coefficient (Wildman–Crippen LogP) is 18.9. The minimum atomic E-state index is -2.99. The molecule has 0 N–H and O–H groups in total. The van der Waals surface area contributed by atoms with Crippen molar-refractivity contribution in [1.82, 2.24) is 79.4 Å². The van der Waals surface area contributed by atoms with Crippen LogP contribution in [-0.2, 0) is 23.7 Å². The molecule has 0 aliphatic heterocycles. The molecule has 0 aliphatic rings. The van der Waals surface area contributed by atoms with Crippen LogP contribution in [-0.4, -0.2) is 180 Å². The van der Waals surface area contributed by atoms with Crippen LogP contribution < -0.4 is 18.9 Å². The lowest BCUT2D eigenvalue weighted by atomic mass is 10.0. The maximum Gasteiger partial charge on any atom is 0.272 e. The lowest BCUT2D eigenvalue weighted by Gasteiger charge is -2.28. The van der Waals surface area contributed by atoms with Gasteiger partial charge in [-0.1, -0.05) is 35.9 Å². The van der Waals surface area contributed by atoms with Gasteiger partial charge in [-0.3, -0.25) is 19.2 Å². The first-order chi connectivity index (χ1) is 60.4. The third kappa shape index (κ3) is 27.1. The number of nitrogens with zero attached hydrogens (tertiary/aromatic N) is 16. The monoisotopic (exact) mass is 1750 g/mol. The normalized spacial score (nSPS) is 12.3. The highest BCUT2D eigenvalue weighted by Gasteiger charge is 2.33. The number of hydrogen-bond acceptors (Lipinski definition) is 20. The van der Waals surface area contributed by atoms with E-state index in [0.29, 0.717) is 77.0 Å². The fourth-order valence-electron chi connectivity index (χ4n) is 12.7. The molecule has 12 rings (SSSR count). The van der Waals surface area contributed by atoms with Crippen LogP contribution in [0.1, 0.15) is 152 Å². The highest BCUT2D eigenvalue weighted by Crippen LogP contribution is 2.34. The number of carbonyl (C=O) groups is 4. The van der Waals surface area contributed by atoms with Crippen molar-refractivity contribution in [2.75, 3.05) is 52.6 Å². The van der Waals surface area contributed by atoms with Gasteiger partial charge in [-0.05, 0) is 159 Å². The van der Waals surface area contributed by atoms with Crippen LogP contribution in [0.25, 0.3) is 45.6 Å². The smallest absolute Gasteiger partial charge is 0.272 e. The zero-order chi connectivity index (χ0) is 92.3. The molecule has 666 valence electrons. The highest BCUT2D eigenvalue weighted by molar-refractivity contribution is 6.02. The number of ether oxygens (including phenoxy) is 4. The van der Waals surface area contributed by atoms with Gasteiger partial charge in [0, 0.05) is 197 Å². The Kier molecular flexibility index (Phi) is 34.1. The molecule has 4 atom stereocenters. The molecule has 0 aliphatic carbocycles. The van der Waals surface area contributed by atoms with Crippen LogP contribution in [0.5, 0.6) is 23.5 Å². The number of rotatable bonds is 32. The van der Waals surface area contributed by atoms with E-state index < -0.39 is 47.3 Å². The maximum atomic E-state index is 14.0. The quantitative estimate of drug-likeness (QED) is 0.0354. The molecule has 0 fully saturated rings. The first kappa shape index (κ1) is 97.0. The summed E-state index contributed by atoms with van der Waals surface area (Å²) in [4.78, 5) is 109. The van der Waals surface area contributed by atoms with E-state index in [4.69, 9.17) is 18.9 Å². The first-order valence-electron chi connectivity index (χ1n) is 40.4. The zero-order valence-electron chi connectivity index (χ0n) is 72.0. The number of alkyl halides is 8. The SMILES string of the molecule is CCN(C(=O)c1cc(C)ccc1-c1ncccn1)[C@@H](C)COc1ccc(C(C)(F)F)cn1.CCN(C(=O)c1cc(F)ccc1-c1ncccn1)[C@@H](C)COc1ccc(C(C)(F)F)cn1.CCN(C(=O)c1ccc(F)cc1-c1ncccn1)[C@@H](C)COc1ccc(C(C)(F)F)cn1.CCN(C(=O)c1ccccc1-c1ncccn1)[C@@H](C)COc1ccc(C(C)(F)F)cn1. The largest absolute Gasteiger partial charge is 0.475 e. The number of benzene rings is 4. The van der Waals surface area contributed by atoms with E-state index in [-0.39, 0.29) is 125 Å². The number of halogens is 10. The second-order valence-corrected chi connectivity index (χ2v) is 29.4. The van der Waals surface area contributed by atoms with Crippen LogP contribution >= 0.6 is 0 Å². The summed E-state index contributed by atoms with van der Waals surface area (Å²) in [5.74, 6) is -11.7. The molecule has 0 unspecified atom stereocenters. The number of amides is 4. The van der Waals surface area contributed by atoms with Gasteiger partial charge in [-0.15, -0.1) is 0 Å². The van der Waals surface area contributed by atoms with Crippen LogP contribution in [0.15, 0.2) is 226 Å². The molecule has 8 aromatic heterocycles. The van der Waals surface area contributed by atoms with Crippen LogP contribution in [0.2, 0.25) is 0 Å². The molecular weight excluding hydrogens is 1660 g/mol. The van der Waals surface area contributed by atoms with E-state index in [0.717, 1.165) is 64.1 Å². The third-order valence-electron chi connectivity index (χ3n) is 19.6. The van der Waals surface area contributed by atoms with Gasteiger partial charge in [0.15, 0.2) is 23.3 Å². The van der Waals surface area contributed by atoms with Gasteiger partial charge in [-0.2, -0.15) is 0 Å². The van der Waals surface area contributed by atoms with E-state index >= 15 is 0 Å². The summed E-state index contributed by atoms with van der Waals surface area (Å²) in [6.45, 7) is 21.9. The Morgan fingerprint density at radius 2 is 0.567 bits per heavy atom. The van der Waals surface area contributed by atoms with E-state index in [9.17, 15) is 63.1 Å². The number of aryl methyl sites for hydroxylation is 1. The average Bonchev–Trinajstić information content (AvgIpc) is 0.812. The van der Waals surface area contributed by atoms with E-state index in [1.807, 2.05) is 71.9 Å². The Balaban J connectivity index is 0.000000191. The highest BCUT2D eigenvalue weighted by atomic mass is 19.3. The van der Waals surface area contributed by atoms with Crippen molar-refractivity contribution in [1.29, 1.82) is 0 Å². The van der Waals surface area contributed by atoms with E-state index in [1.165, 1.54) is 96.2 Å². The Labute approximate surface area is 729 Å². The van der Waals surface area contributed by atoms with Gasteiger partial charge < -0.3 is 38.5 Å². The minimum Gasteiger partial charge on any atom is -0.475 e. The molecule has 12 aromatic rings. The molecule has 0 bridgehead atoms. The van der Waals surface area contributed by atoms with Crippen molar-refractivity contribution < 1.29 is 82.0 Å². The molecule has 0 saturated heterocycles. The lowest BCUT2D eigenvalue weighted by Crippen LogP contribution is -2.42. The van der Waals surface area contributed by atoms with Crippen molar-refractivity contribution in [3.63, 3.8) is 0 Å². The summed E-state index contributed by atoms with van der Waals surface area (Å²) in [5, 5.41) is 0. The van der Waals surface area contributed by atoms with Crippen molar-refractivity contribution in [2.45, 2.75) is 138 Å². The predicted molar refractivity (Wildman–Crippen MR) is 456 cm³/mol. The average molecular weight is 1760 g/mol. The van der Waals surface area contributed by atoms with E-state index in [1.54, 1.807) is 109 Å². The Bertz CT molecular complexity index is 5370. The Morgan fingerprint density at radius 1 is 0.307 bits per heavy atom. The first-order valence-corrected chi connectivity index (χ1v) is 40.4. The molecule has 4 amide bonds. The van der Waals surface area contributed by atoms with Crippen molar-refractivity contribution in [3.05, 3.63) is 288 Å². The van der Waals surface area contributed by atoms with Crippen molar-refractivity contribution >= 4 is 23.6 Å². The molecular formula is C93H96F10N16O8. The molecule has 24 nitrogen and oxygen atoms in total. The molecule has 34 heteroatoms. The number of aromatic nitrogens is 12. The second kappa shape index (κ2) is 44.7. The maximum absolute atomic E-state index is 14.0. The number of pyridine rings is 4. The van der Waals surface area contributed by atoms with Gasteiger partial charge in [0.05, 0.1) is 46.4 Å². The molecule has 127 heavy (non-hydrogen) atoms. The summed E-state index contributed by atoms with van der Waals surface area (Å²) in [7, 11) is 0. The topological polar surface area (TPSA) is 273 Å². The number of likely N-dealkylation sites (N-methyl/N-ethyl adjacent to an activating group) is 4. The molecule has 8 heterocycles. The van der Waals surface area contributed by atoms with Crippen LogP contribution in [0, 0.1) is 18.6 Å². The Hall–Kier alpha value is -13.8. The van der Waals surface area contributed by atoms with Crippen LogP contribution in [0.3, 0.4) is 0 Å². The Morgan fingerprint density at radius 3 is 0.866 bits per heavy atom. The number of hydrogen-bond donors (Lipinski definition) is 0. The summed E-state index contributed by atoms with van der Waals surface area (Å²) >= 11 is 0. The van der Waals surface area contributed by atoms with Gasteiger partial charge >= 0.3 is 0 Å². The van der Waals surface area contributed by atoms with Crippen LogP contribution in [0.4, 0.5) is 43.9 Å². The molecule has 0 radical (unpaired) electrons. The van der Waals surface area contributed by atoms with Gasteiger partial charge in [0.25, 0.3) is 47.3 Å². The van der Waals surface area contributed by atoms with Crippen molar-refractivity contribution in [3.8, 4) is 69.1 Å². The van der Waals surface area contributed by atoms with Crippen molar-refractivity contribution in [2.24, 2.45) is 0 Å². The van der Waals surface area contributed by atoms with E-state index in [2.05, 4.69) is 59.8 Å². The van der Waals surface area contributed by atoms with Gasteiger partial charge in [0.2, 0.25) is 23.5 Å². The zero-order valence-corrected chi connectivity index (χ0v) is 72.0. The second-order valence-electron chi connectivity index (χ2n) is 29.4. The summed E-state index contributed by atoms with van der Waals surface area (Å²) in [6.07, 6.45) is 17.0. The summed E-state index contributed by atoms with van der Waals surface area (Å²) < 4.78 is 157. The molecule has 0 spiro atoms. The lowest BCUT2D eigenvalue weighted by molar-refractivity contribution is 0.0163. The van der Waals surface area contributed by atoms with Gasteiger partial charge in [0.1, 0.15) is 38.1 Å². The molecule has 0 saturated carbocycles.